The van der Waals surface area contributed by atoms with Gasteiger partial charge in [0.05, 0.1) is 25.0 Å². The molecule has 0 unspecified atom stereocenters. The minimum Gasteiger partial charge on any atom is -0.376 e. The topological polar surface area (TPSA) is 75.7 Å². The molecular formula is C23H35FN2O4S. The van der Waals surface area contributed by atoms with Crippen molar-refractivity contribution >= 4 is 15.9 Å². The summed E-state index contributed by atoms with van der Waals surface area (Å²) >= 11 is 0. The molecule has 2 aliphatic rings. The summed E-state index contributed by atoms with van der Waals surface area (Å²) in [6.45, 7) is 2.94. The van der Waals surface area contributed by atoms with Crippen LogP contribution in [-0.4, -0.2) is 56.8 Å². The Hall–Kier alpha value is -1.51. The monoisotopic (exact) mass is 454 g/mol. The van der Waals surface area contributed by atoms with Crippen LogP contribution in [0.4, 0.5) is 4.39 Å². The third-order valence-electron chi connectivity index (χ3n) is 6.43. The minimum atomic E-state index is -3.38. The number of likely N-dealkylation sites (tertiary alicyclic amines) is 1. The predicted octanol–water partition coefficient (Wildman–Crippen LogP) is 3.58. The largest absolute Gasteiger partial charge is 0.376 e. The molecule has 6 nitrogen and oxygen atoms in total. The van der Waals surface area contributed by atoms with E-state index in [4.69, 9.17) is 4.74 Å². The Labute approximate surface area is 185 Å². The summed E-state index contributed by atoms with van der Waals surface area (Å²) in [5.74, 6) is 0.202. The van der Waals surface area contributed by atoms with Gasteiger partial charge in [0.25, 0.3) is 0 Å². The van der Waals surface area contributed by atoms with E-state index in [0.717, 1.165) is 50.3 Å². The van der Waals surface area contributed by atoms with E-state index < -0.39 is 10.0 Å². The number of nitrogens with zero attached hydrogens (tertiary/aromatic N) is 1. The van der Waals surface area contributed by atoms with E-state index in [1.54, 1.807) is 12.1 Å². The molecule has 3 rings (SSSR count). The summed E-state index contributed by atoms with van der Waals surface area (Å²) in [7, 11) is -3.38. The zero-order chi connectivity index (χ0) is 22.4. The fraction of sp³-hybridized carbons (Fsp3) is 0.696. The molecule has 1 saturated heterocycles. The van der Waals surface area contributed by atoms with Gasteiger partial charge in [0.1, 0.15) is 5.82 Å². The van der Waals surface area contributed by atoms with Gasteiger partial charge in [-0.3, -0.25) is 4.79 Å². The van der Waals surface area contributed by atoms with Crippen LogP contribution in [0.2, 0.25) is 0 Å². The van der Waals surface area contributed by atoms with Crippen LogP contribution in [0.3, 0.4) is 0 Å². The molecule has 1 heterocycles. The molecule has 8 heteroatoms. The maximum atomic E-state index is 13.5. The maximum absolute atomic E-state index is 13.5. The second-order valence-electron chi connectivity index (χ2n) is 8.91. The highest BCUT2D eigenvalue weighted by Gasteiger charge is 2.36. The number of sulfonamides is 1. The number of piperidine rings is 1. The van der Waals surface area contributed by atoms with E-state index in [0.29, 0.717) is 31.9 Å². The van der Waals surface area contributed by atoms with Crippen LogP contribution in [0.15, 0.2) is 24.3 Å². The fourth-order valence-corrected chi connectivity index (χ4v) is 5.73. The molecule has 174 valence electrons. The highest BCUT2D eigenvalue weighted by atomic mass is 32.2. The maximum Gasteiger partial charge on any atom is 0.222 e. The zero-order valence-corrected chi connectivity index (χ0v) is 19.4. The van der Waals surface area contributed by atoms with Gasteiger partial charge in [-0.1, -0.05) is 19.1 Å². The number of hydrogen-bond donors (Lipinski definition) is 1. The van der Waals surface area contributed by atoms with Crippen molar-refractivity contribution in [1.29, 1.82) is 0 Å². The van der Waals surface area contributed by atoms with Gasteiger partial charge in [-0.2, -0.15) is 0 Å². The first kappa shape index (κ1) is 24.1. The van der Waals surface area contributed by atoms with Crippen molar-refractivity contribution in [3.8, 4) is 0 Å². The van der Waals surface area contributed by atoms with E-state index in [1.807, 2.05) is 17.9 Å². The third kappa shape index (κ3) is 6.99. The van der Waals surface area contributed by atoms with Gasteiger partial charge >= 0.3 is 0 Å². The SMILES string of the molecule is CCCC(=O)N1CCC[C@@H](NS(C)(=O)=O)[C@@H]1COC1CCC(c2cccc(F)c2)CC1. The molecule has 1 aliphatic heterocycles. The van der Waals surface area contributed by atoms with Crippen molar-refractivity contribution < 1.29 is 22.3 Å². The number of carbonyl (C=O) groups excluding carboxylic acids is 1. The Morgan fingerprint density at radius 2 is 1.97 bits per heavy atom. The van der Waals surface area contributed by atoms with Crippen molar-refractivity contribution in [3.05, 3.63) is 35.6 Å². The standard InChI is InChI=1S/C23H35FN2O4S/c1-3-6-23(27)26-14-5-9-21(25-31(2,28)29)22(26)16-30-20-12-10-17(11-13-20)18-7-4-8-19(24)15-18/h4,7-8,15,17,20-22,25H,3,5-6,9-14,16H2,1-2H3/t17?,20?,21-,22+/m1/s1. The third-order valence-corrected chi connectivity index (χ3v) is 7.16. The molecule has 0 aromatic heterocycles. The number of rotatable bonds is 8. The summed E-state index contributed by atoms with van der Waals surface area (Å²) in [4.78, 5) is 14.5. The first-order chi connectivity index (χ1) is 14.8. The Balaban J connectivity index is 1.60. The molecule has 1 aromatic rings. The molecule has 31 heavy (non-hydrogen) atoms. The molecule has 2 fully saturated rings. The second-order valence-corrected chi connectivity index (χ2v) is 10.7. The average molecular weight is 455 g/mol. The molecule has 0 radical (unpaired) electrons. The Kier molecular flexibility index (Phi) is 8.47. The van der Waals surface area contributed by atoms with Crippen molar-refractivity contribution in [2.75, 3.05) is 19.4 Å². The zero-order valence-electron chi connectivity index (χ0n) is 18.6. The summed E-state index contributed by atoms with van der Waals surface area (Å²) in [6.07, 6.45) is 7.55. The molecule has 1 aliphatic carbocycles. The van der Waals surface area contributed by atoms with Gasteiger partial charge in [0.15, 0.2) is 0 Å². The Morgan fingerprint density at radius 3 is 2.61 bits per heavy atom. The van der Waals surface area contributed by atoms with Crippen molar-refractivity contribution in [1.82, 2.24) is 9.62 Å². The summed E-state index contributed by atoms with van der Waals surface area (Å²) in [5.41, 5.74) is 1.04. The van der Waals surface area contributed by atoms with Gasteiger partial charge in [-0.15, -0.1) is 0 Å². The van der Waals surface area contributed by atoms with Crippen LogP contribution in [0.5, 0.6) is 0 Å². The van der Waals surface area contributed by atoms with E-state index in [9.17, 15) is 17.6 Å². The van der Waals surface area contributed by atoms with Gasteiger partial charge in [-0.25, -0.2) is 17.5 Å². The first-order valence-electron chi connectivity index (χ1n) is 11.4. The van der Waals surface area contributed by atoms with E-state index >= 15 is 0 Å². The van der Waals surface area contributed by atoms with Gasteiger partial charge in [0.2, 0.25) is 15.9 Å². The van der Waals surface area contributed by atoms with Crippen LogP contribution >= 0.6 is 0 Å². The quantitative estimate of drug-likeness (QED) is 0.652. The second kappa shape index (κ2) is 10.9. The number of hydrogen-bond acceptors (Lipinski definition) is 4. The summed E-state index contributed by atoms with van der Waals surface area (Å²) in [5, 5.41) is 0. The van der Waals surface area contributed by atoms with Gasteiger partial charge < -0.3 is 9.64 Å². The van der Waals surface area contributed by atoms with Crippen LogP contribution in [0.25, 0.3) is 0 Å². The van der Waals surface area contributed by atoms with Crippen molar-refractivity contribution in [2.24, 2.45) is 0 Å². The molecule has 2 atom stereocenters. The highest BCUT2D eigenvalue weighted by molar-refractivity contribution is 7.88. The summed E-state index contributed by atoms with van der Waals surface area (Å²) < 4.78 is 46.2. The minimum absolute atomic E-state index is 0.0610. The van der Waals surface area contributed by atoms with Crippen molar-refractivity contribution in [2.45, 2.75) is 82.4 Å². The highest BCUT2D eigenvalue weighted by Crippen LogP contribution is 2.34. The predicted molar refractivity (Wildman–Crippen MR) is 119 cm³/mol. The number of ether oxygens (including phenoxy) is 1. The molecule has 0 bridgehead atoms. The van der Waals surface area contributed by atoms with E-state index in [2.05, 4.69) is 4.72 Å². The van der Waals surface area contributed by atoms with Gasteiger partial charge in [0, 0.05) is 19.0 Å². The molecule has 1 aromatic carbocycles. The number of halogens is 1. The van der Waals surface area contributed by atoms with Gasteiger partial charge in [-0.05, 0) is 68.6 Å². The molecule has 1 amide bonds. The Morgan fingerprint density at radius 1 is 1.23 bits per heavy atom. The molecular weight excluding hydrogens is 419 g/mol. The number of nitrogens with one attached hydrogen (secondary N) is 1. The smallest absolute Gasteiger partial charge is 0.222 e. The average Bonchev–Trinajstić information content (AvgIpc) is 2.72. The van der Waals surface area contributed by atoms with Crippen molar-refractivity contribution in [3.63, 3.8) is 0 Å². The normalized spacial score (nSPS) is 27.3. The summed E-state index contributed by atoms with van der Waals surface area (Å²) in [6, 6.07) is 6.21. The molecule has 1 N–H and O–H groups in total. The number of carbonyl (C=O) groups is 1. The van der Waals surface area contributed by atoms with E-state index in [-0.39, 0.29) is 29.9 Å². The lowest BCUT2D eigenvalue weighted by molar-refractivity contribution is -0.138. The lowest BCUT2D eigenvalue weighted by Crippen LogP contribution is -2.59. The van der Waals surface area contributed by atoms with Crippen LogP contribution in [0.1, 0.15) is 69.8 Å². The fourth-order valence-electron chi connectivity index (χ4n) is 4.90. The van der Waals surface area contributed by atoms with Crippen LogP contribution < -0.4 is 4.72 Å². The lowest BCUT2D eigenvalue weighted by Gasteiger charge is -2.42. The lowest BCUT2D eigenvalue weighted by atomic mass is 9.82. The number of amides is 1. The van der Waals surface area contributed by atoms with Crippen LogP contribution in [-0.2, 0) is 19.6 Å². The van der Waals surface area contributed by atoms with E-state index in [1.165, 1.54) is 6.07 Å². The van der Waals surface area contributed by atoms with Crippen LogP contribution in [0, 0.1) is 5.82 Å². The molecule has 0 spiro atoms. The molecule has 1 saturated carbocycles. The first-order valence-corrected chi connectivity index (χ1v) is 13.3. The Bertz CT molecular complexity index is 840. The number of benzene rings is 1.